The number of aliphatic carboxylic acids is 1. The molecule has 0 saturated heterocycles. The van der Waals surface area contributed by atoms with E-state index in [0.717, 1.165) is 22.4 Å². The van der Waals surface area contributed by atoms with E-state index in [1.165, 1.54) is 11.9 Å². The van der Waals surface area contributed by atoms with E-state index in [-0.39, 0.29) is 6.54 Å². The second-order valence-corrected chi connectivity index (χ2v) is 4.14. The van der Waals surface area contributed by atoms with Crippen molar-refractivity contribution in [2.45, 2.75) is 20.4 Å². The van der Waals surface area contributed by atoms with Gasteiger partial charge < -0.3 is 14.7 Å². The molecule has 1 aromatic rings. The van der Waals surface area contributed by atoms with E-state index in [9.17, 15) is 9.59 Å². The average molecular weight is 251 g/mol. The Morgan fingerprint density at radius 2 is 1.89 bits per heavy atom. The summed E-state index contributed by atoms with van der Waals surface area (Å²) in [4.78, 5) is 23.0. The summed E-state index contributed by atoms with van der Waals surface area (Å²) in [5.41, 5.74) is 2.90. The second-order valence-electron chi connectivity index (χ2n) is 4.14. The number of carbonyl (C=O) groups excluding carboxylic acids is 1. The average Bonchev–Trinajstić information content (AvgIpc) is 2.34. The minimum absolute atomic E-state index is 0.266. The van der Waals surface area contributed by atoms with Gasteiger partial charge in [-0.1, -0.05) is 6.07 Å². The van der Waals surface area contributed by atoms with Crippen molar-refractivity contribution < 1.29 is 19.4 Å². The van der Waals surface area contributed by atoms with Crippen LogP contribution in [0.4, 0.5) is 0 Å². The van der Waals surface area contributed by atoms with Crippen LogP contribution in [0.25, 0.3) is 0 Å². The van der Waals surface area contributed by atoms with Crippen LogP contribution in [-0.2, 0) is 16.1 Å². The number of amides is 1. The van der Waals surface area contributed by atoms with Gasteiger partial charge in [0, 0.05) is 13.6 Å². The molecule has 0 saturated carbocycles. The second kappa shape index (κ2) is 5.53. The number of carboxylic acids is 1. The first-order chi connectivity index (χ1) is 8.38. The van der Waals surface area contributed by atoms with Gasteiger partial charge in [0.1, 0.15) is 5.75 Å². The molecule has 1 amide bonds. The fourth-order valence-electron chi connectivity index (χ4n) is 1.73. The van der Waals surface area contributed by atoms with Gasteiger partial charge in [-0.25, -0.2) is 4.79 Å². The maximum absolute atomic E-state index is 11.3. The molecule has 1 N–H and O–H groups in total. The molecule has 18 heavy (non-hydrogen) atoms. The monoisotopic (exact) mass is 251 g/mol. The summed E-state index contributed by atoms with van der Waals surface area (Å²) >= 11 is 0. The van der Waals surface area contributed by atoms with Crippen molar-refractivity contribution in [1.29, 1.82) is 0 Å². The van der Waals surface area contributed by atoms with Crippen LogP contribution < -0.4 is 4.74 Å². The van der Waals surface area contributed by atoms with E-state index in [2.05, 4.69) is 0 Å². The fourth-order valence-corrected chi connectivity index (χ4v) is 1.73. The zero-order valence-corrected chi connectivity index (χ0v) is 11.0. The molecule has 1 rings (SSSR count). The normalized spacial score (nSPS) is 10.0. The molecular formula is C13H17NO4. The van der Waals surface area contributed by atoms with Gasteiger partial charge in [0.25, 0.3) is 0 Å². The zero-order valence-electron chi connectivity index (χ0n) is 11.0. The molecule has 0 heterocycles. The van der Waals surface area contributed by atoms with E-state index in [1.54, 1.807) is 7.11 Å². The molecule has 0 aliphatic carbocycles. The topological polar surface area (TPSA) is 66.8 Å². The maximum Gasteiger partial charge on any atom is 0.394 e. The van der Waals surface area contributed by atoms with Crippen molar-refractivity contribution in [2.24, 2.45) is 0 Å². The maximum atomic E-state index is 11.3. The number of likely N-dealkylation sites (N-methyl/N-ethyl adjacent to an activating group) is 1. The van der Waals surface area contributed by atoms with Crippen LogP contribution in [0.5, 0.6) is 5.75 Å². The van der Waals surface area contributed by atoms with Crippen molar-refractivity contribution in [3.63, 3.8) is 0 Å². The van der Waals surface area contributed by atoms with Crippen LogP contribution in [-0.4, -0.2) is 36.0 Å². The minimum Gasteiger partial charge on any atom is -0.496 e. The number of carbonyl (C=O) groups is 2. The lowest BCUT2D eigenvalue weighted by atomic mass is 10.0. The van der Waals surface area contributed by atoms with Crippen LogP contribution in [0.3, 0.4) is 0 Å². The van der Waals surface area contributed by atoms with Crippen molar-refractivity contribution in [3.05, 3.63) is 28.8 Å². The summed E-state index contributed by atoms with van der Waals surface area (Å²) in [5.74, 6) is -1.58. The Bertz CT molecular complexity index is 482. The summed E-state index contributed by atoms with van der Waals surface area (Å²) in [7, 11) is 3.07. The Morgan fingerprint density at radius 1 is 1.28 bits per heavy atom. The lowest BCUT2D eigenvalue weighted by Gasteiger charge is -2.18. The van der Waals surface area contributed by atoms with Crippen LogP contribution in [0.2, 0.25) is 0 Å². The Labute approximate surface area is 106 Å². The molecule has 0 fully saturated rings. The van der Waals surface area contributed by atoms with E-state index in [0.29, 0.717) is 0 Å². The number of ether oxygens (including phenoxy) is 1. The molecule has 0 aliphatic rings. The molecule has 0 aliphatic heterocycles. The Kier molecular flexibility index (Phi) is 4.31. The number of carboxylic acid groups (broad SMARTS) is 1. The molecule has 98 valence electrons. The van der Waals surface area contributed by atoms with Crippen LogP contribution in [0, 0.1) is 13.8 Å². The highest BCUT2D eigenvalue weighted by atomic mass is 16.5. The number of methoxy groups -OCH3 is 1. The molecular weight excluding hydrogens is 234 g/mol. The van der Waals surface area contributed by atoms with Gasteiger partial charge in [0.05, 0.1) is 7.11 Å². The Balaban J connectivity index is 2.96. The summed E-state index contributed by atoms with van der Waals surface area (Å²) in [5, 5.41) is 8.63. The number of rotatable bonds is 3. The van der Waals surface area contributed by atoms with Crippen LogP contribution in [0.1, 0.15) is 16.7 Å². The molecule has 5 heteroatoms. The Hall–Kier alpha value is -2.04. The molecule has 0 radical (unpaired) electrons. The van der Waals surface area contributed by atoms with E-state index in [1.807, 2.05) is 26.0 Å². The molecule has 0 aromatic heterocycles. The number of hydrogen-bond acceptors (Lipinski definition) is 3. The molecule has 0 bridgehead atoms. The number of benzene rings is 1. The third-order valence-corrected chi connectivity index (χ3v) is 3.01. The molecule has 5 nitrogen and oxygen atoms in total. The molecule has 1 aromatic carbocycles. The highest BCUT2D eigenvalue weighted by molar-refractivity contribution is 6.31. The lowest BCUT2D eigenvalue weighted by Crippen LogP contribution is -2.32. The van der Waals surface area contributed by atoms with Crippen molar-refractivity contribution >= 4 is 11.9 Å². The van der Waals surface area contributed by atoms with Gasteiger partial charge in [-0.2, -0.15) is 0 Å². The summed E-state index contributed by atoms with van der Waals surface area (Å²) < 4.78 is 5.20. The first kappa shape index (κ1) is 14.0. The summed E-state index contributed by atoms with van der Waals surface area (Å²) in [6.45, 7) is 4.12. The third kappa shape index (κ3) is 2.80. The van der Waals surface area contributed by atoms with Crippen LogP contribution >= 0.6 is 0 Å². The quantitative estimate of drug-likeness (QED) is 0.823. The highest BCUT2D eigenvalue weighted by Crippen LogP contribution is 2.24. The molecule has 0 unspecified atom stereocenters. The minimum atomic E-state index is -1.44. The molecule has 0 atom stereocenters. The van der Waals surface area contributed by atoms with E-state index >= 15 is 0 Å². The van der Waals surface area contributed by atoms with E-state index in [4.69, 9.17) is 9.84 Å². The smallest absolute Gasteiger partial charge is 0.394 e. The predicted octanol–water partition coefficient (Wildman–Crippen LogP) is 1.36. The van der Waals surface area contributed by atoms with Gasteiger partial charge in [-0.15, -0.1) is 0 Å². The van der Waals surface area contributed by atoms with Gasteiger partial charge >= 0.3 is 11.9 Å². The number of nitrogens with zero attached hydrogens (tertiary/aromatic N) is 1. The number of hydrogen-bond donors (Lipinski definition) is 1. The highest BCUT2D eigenvalue weighted by Gasteiger charge is 2.18. The standard InChI is InChI=1S/C13H17NO4/c1-8-9(2)11(18-4)6-5-10(8)7-14(3)12(15)13(16)17/h5-6H,7H2,1-4H3,(H,16,17). The van der Waals surface area contributed by atoms with Gasteiger partial charge in [0.2, 0.25) is 0 Å². The van der Waals surface area contributed by atoms with E-state index < -0.39 is 11.9 Å². The van der Waals surface area contributed by atoms with Crippen molar-refractivity contribution in [3.8, 4) is 5.75 Å². The largest absolute Gasteiger partial charge is 0.496 e. The van der Waals surface area contributed by atoms with Crippen molar-refractivity contribution in [2.75, 3.05) is 14.2 Å². The first-order valence-corrected chi connectivity index (χ1v) is 5.50. The van der Waals surface area contributed by atoms with Gasteiger partial charge in [-0.3, -0.25) is 4.79 Å². The predicted molar refractivity (Wildman–Crippen MR) is 66.6 cm³/mol. The lowest BCUT2D eigenvalue weighted by molar-refractivity contribution is -0.155. The first-order valence-electron chi connectivity index (χ1n) is 5.50. The van der Waals surface area contributed by atoms with Gasteiger partial charge in [0.15, 0.2) is 0 Å². The zero-order chi connectivity index (χ0) is 13.9. The summed E-state index contributed by atoms with van der Waals surface area (Å²) in [6, 6.07) is 3.66. The van der Waals surface area contributed by atoms with Gasteiger partial charge in [-0.05, 0) is 36.6 Å². The molecule has 0 spiro atoms. The van der Waals surface area contributed by atoms with Crippen molar-refractivity contribution in [1.82, 2.24) is 4.90 Å². The Morgan fingerprint density at radius 3 is 2.39 bits per heavy atom. The third-order valence-electron chi connectivity index (χ3n) is 3.01. The fraction of sp³-hybridized carbons (Fsp3) is 0.385. The summed E-state index contributed by atoms with van der Waals surface area (Å²) in [6.07, 6.45) is 0. The van der Waals surface area contributed by atoms with Crippen LogP contribution in [0.15, 0.2) is 12.1 Å². The SMILES string of the molecule is COc1ccc(CN(C)C(=O)C(=O)O)c(C)c1C.